The summed E-state index contributed by atoms with van der Waals surface area (Å²) in [6, 6.07) is 7.73. The van der Waals surface area contributed by atoms with Crippen molar-refractivity contribution in [3.63, 3.8) is 0 Å². The van der Waals surface area contributed by atoms with E-state index in [-0.39, 0.29) is 0 Å². The van der Waals surface area contributed by atoms with Crippen molar-refractivity contribution in [2.75, 3.05) is 33.2 Å². The Morgan fingerprint density at radius 1 is 1.25 bits per heavy atom. The minimum atomic E-state index is 0.752. The van der Waals surface area contributed by atoms with E-state index in [1.807, 2.05) is 30.5 Å². The zero-order chi connectivity index (χ0) is 11.4. The molecule has 0 saturated carbocycles. The van der Waals surface area contributed by atoms with Gasteiger partial charge in [0.1, 0.15) is 0 Å². The molecule has 1 aromatic rings. The van der Waals surface area contributed by atoms with Crippen molar-refractivity contribution in [3.05, 3.63) is 34.9 Å². The predicted octanol–water partition coefficient (Wildman–Crippen LogP) is 1.92. The summed E-state index contributed by atoms with van der Waals surface area (Å²) in [4.78, 5) is 2.31. The molecule has 2 rings (SSSR count). The average Bonchev–Trinajstić information content (AvgIpc) is 2.28. The van der Waals surface area contributed by atoms with Gasteiger partial charge in [0.25, 0.3) is 0 Å². The number of nitrogens with zero attached hydrogens (tertiary/aromatic N) is 3. The lowest BCUT2D eigenvalue weighted by Crippen LogP contribution is -2.41. The number of benzene rings is 1. The third kappa shape index (κ3) is 3.22. The molecule has 16 heavy (non-hydrogen) atoms. The highest BCUT2D eigenvalue weighted by molar-refractivity contribution is 6.30. The fourth-order valence-corrected chi connectivity index (χ4v) is 1.85. The Hall–Kier alpha value is -1.06. The first-order valence-electron chi connectivity index (χ1n) is 5.47. The Morgan fingerprint density at radius 3 is 2.69 bits per heavy atom. The lowest BCUT2D eigenvalue weighted by Gasteiger charge is -2.30. The molecule has 0 radical (unpaired) electrons. The molecule has 0 spiro atoms. The molecule has 1 aliphatic heterocycles. The van der Waals surface area contributed by atoms with Crippen LogP contribution in [0, 0.1) is 0 Å². The summed E-state index contributed by atoms with van der Waals surface area (Å²) in [6.45, 7) is 4.14. The smallest absolute Gasteiger partial charge is 0.0543 e. The van der Waals surface area contributed by atoms with E-state index < -0.39 is 0 Å². The molecule has 0 bridgehead atoms. The van der Waals surface area contributed by atoms with Gasteiger partial charge in [-0.2, -0.15) is 5.10 Å². The van der Waals surface area contributed by atoms with Crippen molar-refractivity contribution < 1.29 is 0 Å². The second-order valence-electron chi connectivity index (χ2n) is 4.06. The number of likely N-dealkylation sites (N-methyl/N-ethyl adjacent to an activating group) is 1. The normalized spacial score (nSPS) is 18.2. The Morgan fingerprint density at radius 2 is 2.00 bits per heavy atom. The molecule has 1 saturated heterocycles. The minimum Gasteiger partial charge on any atom is -0.303 e. The van der Waals surface area contributed by atoms with Gasteiger partial charge in [-0.3, -0.25) is 5.01 Å². The van der Waals surface area contributed by atoms with Gasteiger partial charge < -0.3 is 4.90 Å². The largest absolute Gasteiger partial charge is 0.303 e. The van der Waals surface area contributed by atoms with Crippen LogP contribution in [-0.4, -0.2) is 49.4 Å². The summed E-state index contributed by atoms with van der Waals surface area (Å²) < 4.78 is 0. The molecule has 0 aromatic heterocycles. The number of hydrogen-bond donors (Lipinski definition) is 0. The predicted molar refractivity (Wildman–Crippen MR) is 68.1 cm³/mol. The lowest BCUT2D eigenvalue weighted by molar-refractivity contribution is 0.159. The van der Waals surface area contributed by atoms with Crippen LogP contribution in [0.2, 0.25) is 5.02 Å². The summed E-state index contributed by atoms with van der Waals surface area (Å²) in [5.41, 5.74) is 1.05. The summed E-state index contributed by atoms with van der Waals surface area (Å²) in [5, 5.41) is 7.30. The van der Waals surface area contributed by atoms with Crippen molar-refractivity contribution in [3.8, 4) is 0 Å². The van der Waals surface area contributed by atoms with Crippen molar-refractivity contribution in [1.82, 2.24) is 9.91 Å². The Kier molecular flexibility index (Phi) is 3.80. The van der Waals surface area contributed by atoms with E-state index >= 15 is 0 Å². The molecule has 0 unspecified atom stereocenters. The molecule has 1 aliphatic rings. The zero-order valence-electron chi connectivity index (χ0n) is 9.43. The number of hydrogen-bond acceptors (Lipinski definition) is 3. The molecule has 0 amide bonds. The van der Waals surface area contributed by atoms with Gasteiger partial charge in [0.15, 0.2) is 0 Å². The molecule has 86 valence electrons. The van der Waals surface area contributed by atoms with Crippen LogP contribution in [0.5, 0.6) is 0 Å². The van der Waals surface area contributed by atoms with Crippen LogP contribution in [0.15, 0.2) is 29.4 Å². The number of rotatable bonds is 2. The fraction of sp³-hybridized carbons (Fsp3) is 0.417. The first kappa shape index (κ1) is 11.4. The molecule has 0 aliphatic carbocycles. The minimum absolute atomic E-state index is 0.752. The highest BCUT2D eigenvalue weighted by Gasteiger charge is 2.10. The molecular formula is C12H16ClN3. The third-order valence-corrected chi connectivity index (χ3v) is 2.93. The van der Waals surface area contributed by atoms with Crippen LogP contribution in [0.25, 0.3) is 0 Å². The molecule has 0 atom stereocenters. The van der Waals surface area contributed by atoms with Crippen LogP contribution in [0.1, 0.15) is 5.56 Å². The van der Waals surface area contributed by atoms with Gasteiger partial charge in [-0.1, -0.05) is 23.7 Å². The molecule has 1 fully saturated rings. The summed E-state index contributed by atoms with van der Waals surface area (Å²) in [5.74, 6) is 0. The summed E-state index contributed by atoms with van der Waals surface area (Å²) in [7, 11) is 2.14. The monoisotopic (exact) mass is 237 g/mol. The second kappa shape index (κ2) is 5.32. The maximum Gasteiger partial charge on any atom is 0.0543 e. The van der Waals surface area contributed by atoms with Crippen molar-refractivity contribution in [2.45, 2.75) is 0 Å². The zero-order valence-corrected chi connectivity index (χ0v) is 10.2. The second-order valence-corrected chi connectivity index (χ2v) is 4.49. The summed E-state index contributed by atoms with van der Waals surface area (Å²) >= 11 is 5.90. The van der Waals surface area contributed by atoms with Crippen molar-refractivity contribution >= 4 is 17.8 Å². The average molecular weight is 238 g/mol. The Balaban J connectivity index is 1.94. The van der Waals surface area contributed by atoms with Gasteiger partial charge in [0, 0.05) is 31.2 Å². The first-order chi connectivity index (χ1) is 7.74. The van der Waals surface area contributed by atoms with E-state index in [9.17, 15) is 0 Å². The van der Waals surface area contributed by atoms with E-state index in [1.165, 1.54) is 0 Å². The quantitative estimate of drug-likeness (QED) is 0.732. The molecule has 0 N–H and O–H groups in total. The van der Waals surface area contributed by atoms with Gasteiger partial charge in [0.05, 0.1) is 6.21 Å². The molecular weight excluding hydrogens is 222 g/mol. The van der Waals surface area contributed by atoms with Crippen LogP contribution >= 0.6 is 11.6 Å². The molecule has 1 aromatic carbocycles. The molecule has 1 heterocycles. The molecule has 3 nitrogen and oxygen atoms in total. The van der Waals surface area contributed by atoms with Crippen LogP contribution in [-0.2, 0) is 0 Å². The van der Waals surface area contributed by atoms with Crippen LogP contribution in [0.3, 0.4) is 0 Å². The van der Waals surface area contributed by atoms with E-state index in [2.05, 4.69) is 22.1 Å². The van der Waals surface area contributed by atoms with Gasteiger partial charge >= 0.3 is 0 Å². The van der Waals surface area contributed by atoms with Gasteiger partial charge in [0.2, 0.25) is 0 Å². The van der Waals surface area contributed by atoms with E-state index in [0.717, 1.165) is 36.8 Å². The van der Waals surface area contributed by atoms with E-state index in [0.29, 0.717) is 0 Å². The first-order valence-corrected chi connectivity index (χ1v) is 5.85. The Labute approximate surface area is 101 Å². The Bertz CT molecular complexity index is 370. The van der Waals surface area contributed by atoms with Gasteiger partial charge in [-0.15, -0.1) is 0 Å². The highest BCUT2D eigenvalue weighted by Crippen LogP contribution is 2.09. The maximum atomic E-state index is 5.90. The SMILES string of the molecule is CN1CCN(/N=C/c2cccc(Cl)c2)CC1. The van der Waals surface area contributed by atoms with Crippen molar-refractivity contribution in [1.29, 1.82) is 0 Å². The van der Waals surface area contributed by atoms with Crippen LogP contribution < -0.4 is 0 Å². The number of halogens is 1. The maximum absolute atomic E-state index is 5.90. The number of piperazine rings is 1. The van der Waals surface area contributed by atoms with E-state index in [4.69, 9.17) is 11.6 Å². The third-order valence-electron chi connectivity index (χ3n) is 2.70. The fourth-order valence-electron chi connectivity index (χ4n) is 1.65. The highest BCUT2D eigenvalue weighted by atomic mass is 35.5. The van der Waals surface area contributed by atoms with Crippen LogP contribution in [0.4, 0.5) is 0 Å². The standard InChI is InChI=1S/C12H16ClN3/c1-15-5-7-16(8-6-15)14-10-11-3-2-4-12(13)9-11/h2-4,9-10H,5-8H2,1H3/b14-10+. The topological polar surface area (TPSA) is 18.8 Å². The number of hydrazone groups is 1. The lowest BCUT2D eigenvalue weighted by atomic mass is 10.2. The summed E-state index contributed by atoms with van der Waals surface area (Å²) in [6.07, 6.45) is 1.87. The van der Waals surface area contributed by atoms with Crippen molar-refractivity contribution in [2.24, 2.45) is 5.10 Å². The van der Waals surface area contributed by atoms with E-state index in [1.54, 1.807) is 0 Å². The van der Waals surface area contributed by atoms with Gasteiger partial charge in [-0.25, -0.2) is 0 Å². The molecule has 4 heteroatoms. The van der Waals surface area contributed by atoms with Gasteiger partial charge in [-0.05, 0) is 24.7 Å².